The summed E-state index contributed by atoms with van der Waals surface area (Å²) in [4.78, 5) is 49.2. The molecule has 0 bridgehead atoms. The van der Waals surface area contributed by atoms with Crippen LogP contribution in [0.5, 0.6) is 0 Å². The van der Waals surface area contributed by atoms with Crippen molar-refractivity contribution < 1.29 is 61.4 Å². The molecule has 1 aromatic rings. The van der Waals surface area contributed by atoms with Crippen molar-refractivity contribution in [2.45, 2.75) is 31.3 Å². The predicted molar refractivity (Wildman–Crippen MR) is 91.2 cm³/mol. The molecule has 29 heavy (non-hydrogen) atoms. The highest BCUT2D eigenvalue weighted by molar-refractivity contribution is 7.66. The van der Waals surface area contributed by atoms with Crippen molar-refractivity contribution in [3.63, 3.8) is 0 Å². The SMILES string of the molecule is Cc1cc([C@@H]2O[C@H](COP(=O)(O)OP(=O)(O)OP(=O)(O)O)C(O)[C@@H]2O)c[nH]c1=O. The van der Waals surface area contributed by atoms with Crippen LogP contribution in [0, 0.1) is 6.92 Å². The number of H-pyrrole nitrogens is 1. The molecule has 0 aromatic carbocycles. The fraction of sp³-hybridized carbons (Fsp3) is 0.545. The Balaban J connectivity index is 2.03. The largest absolute Gasteiger partial charge is 0.490 e. The highest BCUT2D eigenvalue weighted by Gasteiger charge is 2.46. The summed E-state index contributed by atoms with van der Waals surface area (Å²) in [7, 11) is -16.6. The first-order valence-electron chi connectivity index (χ1n) is 7.59. The molecule has 18 heteroatoms. The monoisotopic (exact) mass is 481 g/mol. The zero-order valence-electron chi connectivity index (χ0n) is 14.5. The molecule has 1 fully saturated rings. The molecule has 2 rings (SSSR count). The molecule has 1 saturated heterocycles. The summed E-state index contributed by atoms with van der Waals surface area (Å²) in [6.45, 7) is 0.563. The van der Waals surface area contributed by atoms with Crippen LogP contribution in [0.15, 0.2) is 17.1 Å². The topological polar surface area (TPSA) is 242 Å². The van der Waals surface area contributed by atoms with E-state index in [1.54, 1.807) is 0 Å². The van der Waals surface area contributed by atoms with Crippen LogP contribution in [-0.2, 0) is 31.6 Å². The number of phosphoric ester groups is 1. The van der Waals surface area contributed by atoms with Crippen molar-refractivity contribution in [1.82, 2.24) is 4.98 Å². The summed E-state index contributed by atoms with van der Waals surface area (Å²) < 4.78 is 50.4. The predicted octanol–water partition coefficient (Wildman–Crippen LogP) is -0.812. The van der Waals surface area contributed by atoms with Crippen LogP contribution in [0.25, 0.3) is 0 Å². The number of nitrogens with one attached hydrogen (secondary N) is 1. The molecule has 0 saturated carbocycles. The molecule has 6 atom stereocenters. The van der Waals surface area contributed by atoms with Gasteiger partial charge in [-0.1, -0.05) is 0 Å². The van der Waals surface area contributed by atoms with Gasteiger partial charge in [0.15, 0.2) is 0 Å². The van der Waals surface area contributed by atoms with E-state index in [9.17, 15) is 33.6 Å². The normalized spacial score (nSPS) is 29.3. The van der Waals surface area contributed by atoms with E-state index in [4.69, 9.17) is 19.4 Å². The summed E-state index contributed by atoms with van der Waals surface area (Å²) >= 11 is 0. The number of aliphatic hydroxyl groups is 2. The number of ether oxygens (including phenoxy) is 1. The van der Waals surface area contributed by atoms with Gasteiger partial charge in [-0.25, -0.2) is 13.7 Å². The molecule has 1 aliphatic heterocycles. The molecule has 0 aliphatic carbocycles. The molecule has 15 nitrogen and oxygen atoms in total. The Morgan fingerprint density at radius 3 is 2.24 bits per heavy atom. The minimum Gasteiger partial charge on any atom is -0.387 e. The molecule has 0 radical (unpaired) electrons. The van der Waals surface area contributed by atoms with Gasteiger partial charge in [-0.05, 0) is 13.0 Å². The lowest BCUT2D eigenvalue weighted by atomic mass is 10.0. The van der Waals surface area contributed by atoms with Gasteiger partial charge < -0.3 is 39.5 Å². The van der Waals surface area contributed by atoms with E-state index in [0.717, 1.165) is 0 Å². The second-order valence-corrected chi connectivity index (χ2v) is 10.3. The number of pyridine rings is 1. The molecule has 166 valence electrons. The van der Waals surface area contributed by atoms with E-state index in [-0.39, 0.29) is 11.1 Å². The van der Waals surface area contributed by atoms with Crippen LogP contribution in [0.2, 0.25) is 0 Å². The Kier molecular flexibility index (Phi) is 7.41. The maximum Gasteiger partial charge on any atom is 0.490 e. The fourth-order valence-corrected chi connectivity index (χ4v) is 5.45. The Morgan fingerprint density at radius 1 is 1.07 bits per heavy atom. The quantitative estimate of drug-likeness (QED) is 0.225. The molecule has 3 unspecified atom stereocenters. The summed E-state index contributed by atoms with van der Waals surface area (Å²) in [5.41, 5.74) is 0.199. The van der Waals surface area contributed by atoms with Gasteiger partial charge in [-0.2, -0.15) is 8.62 Å². The fourth-order valence-electron chi connectivity index (χ4n) is 2.42. The van der Waals surface area contributed by atoms with Crippen LogP contribution < -0.4 is 5.56 Å². The summed E-state index contributed by atoms with van der Waals surface area (Å²) in [5.74, 6) is 0. The molecular formula is C11H18NO14P3. The standard InChI is InChI=1S/C11H18NO14P3/c1-5-2-6(3-12-11(5)15)10-9(14)8(13)7(24-10)4-23-28(19,20)26-29(21,22)25-27(16,17)18/h2-3,7-10,13-14H,4H2,1H3,(H,12,15)(H,19,20)(H,21,22)(H2,16,17,18)/t7-,8?,9+,10+/m1/s1. The van der Waals surface area contributed by atoms with Crippen LogP contribution >= 0.6 is 23.5 Å². The van der Waals surface area contributed by atoms with Gasteiger partial charge in [-0.15, -0.1) is 0 Å². The molecule has 7 N–H and O–H groups in total. The highest BCUT2D eigenvalue weighted by atomic mass is 31.3. The van der Waals surface area contributed by atoms with Gasteiger partial charge in [0.05, 0.1) is 6.61 Å². The van der Waals surface area contributed by atoms with Crippen molar-refractivity contribution in [3.05, 3.63) is 33.7 Å². The van der Waals surface area contributed by atoms with E-state index in [1.807, 2.05) is 0 Å². The van der Waals surface area contributed by atoms with Crippen LogP contribution in [-0.4, -0.2) is 59.7 Å². The first kappa shape index (κ1) is 24.5. The van der Waals surface area contributed by atoms with Gasteiger partial charge in [0.1, 0.15) is 24.4 Å². The van der Waals surface area contributed by atoms with E-state index >= 15 is 0 Å². The number of phosphoric acid groups is 3. The maximum atomic E-state index is 11.7. The Morgan fingerprint density at radius 2 is 1.69 bits per heavy atom. The molecule has 0 spiro atoms. The van der Waals surface area contributed by atoms with Crippen molar-refractivity contribution in [2.75, 3.05) is 6.61 Å². The van der Waals surface area contributed by atoms with Crippen molar-refractivity contribution >= 4 is 23.5 Å². The number of aromatic nitrogens is 1. The zero-order chi connectivity index (χ0) is 22.2. The highest BCUT2D eigenvalue weighted by Crippen LogP contribution is 2.66. The lowest BCUT2D eigenvalue weighted by Gasteiger charge is -2.19. The van der Waals surface area contributed by atoms with Gasteiger partial charge >= 0.3 is 23.5 Å². The van der Waals surface area contributed by atoms with E-state index in [1.165, 1.54) is 19.2 Å². The van der Waals surface area contributed by atoms with E-state index in [0.29, 0.717) is 5.56 Å². The lowest BCUT2D eigenvalue weighted by molar-refractivity contribution is -0.0223. The molecule has 2 heterocycles. The van der Waals surface area contributed by atoms with Gasteiger partial charge in [-0.3, -0.25) is 9.32 Å². The van der Waals surface area contributed by atoms with E-state index < -0.39 is 54.5 Å². The maximum absolute atomic E-state index is 11.7. The minimum absolute atomic E-state index is 0.287. The van der Waals surface area contributed by atoms with Crippen molar-refractivity contribution in [2.24, 2.45) is 0 Å². The molecule has 1 aliphatic rings. The first-order chi connectivity index (χ1) is 13.1. The number of rotatable bonds is 8. The van der Waals surface area contributed by atoms with Gasteiger partial charge in [0, 0.05) is 17.3 Å². The number of hydrogen-bond donors (Lipinski definition) is 7. The molecule has 0 amide bonds. The third-order valence-corrected chi connectivity index (χ3v) is 7.42. The smallest absolute Gasteiger partial charge is 0.387 e. The van der Waals surface area contributed by atoms with Crippen molar-refractivity contribution in [3.8, 4) is 0 Å². The summed E-state index contributed by atoms with van der Waals surface area (Å²) in [5, 5.41) is 20.1. The minimum atomic E-state index is -5.68. The van der Waals surface area contributed by atoms with Crippen LogP contribution in [0.4, 0.5) is 0 Å². The molecular weight excluding hydrogens is 463 g/mol. The summed E-state index contributed by atoms with van der Waals surface area (Å²) in [6, 6.07) is 1.39. The number of aliphatic hydroxyl groups excluding tert-OH is 2. The number of aromatic amines is 1. The van der Waals surface area contributed by atoms with Crippen LogP contribution in [0.1, 0.15) is 17.2 Å². The van der Waals surface area contributed by atoms with Crippen LogP contribution in [0.3, 0.4) is 0 Å². The average molecular weight is 481 g/mol. The Hall–Kier alpha value is -0.760. The summed E-state index contributed by atoms with van der Waals surface area (Å²) in [6.07, 6.45) is -4.46. The second kappa shape index (κ2) is 8.77. The average Bonchev–Trinajstić information content (AvgIpc) is 2.80. The van der Waals surface area contributed by atoms with E-state index in [2.05, 4.69) is 18.1 Å². The third kappa shape index (κ3) is 6.88. The van der Waals surface area contributed by atoms with Gasteiger partial charge in [0.2, 0.25) is 0 Å². The lowest BCUT2D eigenvalue weighted by Crippen LogP contribution is -2.33. The van der Waals surface area contributed by atoms with Gasteiger partial charge in [0.25, 0.3) is 5.56 Å². The second-order valence-electron chi connectivity index (χ2n) is 5.91. The Labute approximate surface area is 162 Å². The first-order valence-corrected chi connectivity index (χ1v) is 12.1. The Bertz CT molecular complexity index is 941. The zero-order valence-corrected chi connectivity index (χ0v) is 17.1. The number of hydrogen-bond acceptors (Lipinski definition) is 10. The van der Waals surface area contributed by atoms with Crippen molar-refractivity contribution in [1.29, 1.82) is 0 Å². The third-order valence-electron chi connectivity index (χ3n) is 3.62. The number of aryl methyl sites for hydroxylation is 1. The molecule has 1 aromatic heterocycles.